The number of hydrogen-bond acceptors (Lipinski definition) is 11. The molecule has 2 aromatic carbocycles. The van der Waals surface area contributed by atoms with Crippen LogP contribution in [0, 0.1) is 0 Å². The molecule has 1 atom stereocenters. The summed E-state index contributed by atoms with van der Waals surface area (Å²) in [4.78, 5) is 27.1. The minimum atomic E-state index is -2.78. The van der Waals surface area contributed by atoms with Gasteiger partial charge in [0.05, 0.1) is 40.9 Å². The second kappa shape index (κ2) is 12.5. The van der Waals surface area contributed by atoms with Crippen molar-refractivity contribution >= 4 is 63.3 Å². The normalized spacial score (nSPS) is 17.0. The predicted octanol–water partition coefficient (Wildman–Crippen LogP) is 5.72. The van der Waals surface area contributed by atoms with Gasteiger partial charge in [0.25, 0.3) is 0 Å². The van der Waals surface area contributed by atoms with Gasteiger partial charge in [0.1, 0.15) is 29.9 Å². The van der Waals surface area contributed by atoms with Gasteiger partial charge < -0.3 is 29.8 Å². The molecule has 2 aliphatic rings. The average Bonchev–Trinajstić information content (AvgIpc) is 3.76. The SMILES string of the molecule is COc1cc(N2CCN3CCCC[C@@H]3C2)c(-c2cnn(C)c2)cc1Nc1nc(Nc2ccc3nccnc3c2P(C)(C)=O)c2cc[nH]c2n1. The third kappa shape index (κ3) is 5.97. The maximum absolute atomic E-state index is 13.6. The first-order chi connectivity index (χ1) is 23.7. The van der Waals surface area contributed by atoms with Crippen molar-refractivity contribution in [3.05, 3.63) is 61.3 Å². The van der Waals surface area contributed by atoms with E-state index in [2.05, 4.69) is 52.6 Å². The number of nitrogens with zero attached hydrogens (tertiary/aromatic N) is 8. The van der Waals surface area contributed by atoms with Gasteiger partial charge in [-0.25, -0.2) is 0 Å². The van der Waals surface area contributed by atoms with Gasteiger partial charge in [0.2, 0.25) is 5.95 Å². The highest BCUT2D eigenvalue weighted by molar-refractivity contribution is 7.71. The molecule has 0 amide bonds. The van der Waals surface area contributed by atoms with E-state index >= 15 is 0 Å². The molecule has 0 aliphatic carbocycles. The van der Waals surface area contributed by atoms with Gasteiger partial charge in [0.15, 0.2) is 0 Å². The number of piperidine rings is 1. The van der Waals surface area contributed by atoms with Crippen LogP contribution in [0.3, 0.4) is 0 Å². The highest BCUT2D eigenvalue weighted by atomic mass is 31.2. The van der Waals surface area contributed by atoms with Gasteiger partial charge in [-0.2, -0.15) is 15.1 Å². The molecule has 2 saturated heterocycles. The summed E-state index contributed by atoms with van der Waals surface area (Å²) in [5, 5.41) is 12.8. The van der Waals surface area contributed by atoms with Crippen LogP contribution >= 0.6 is 7.14 Å². The van der Waals surface area contributed by atoms with Crippen molar-refractivity contribution in [2.45, 2.75) is 25.3 Å². The number of anilines is 5. The van der Waals surface area contributed by atoms with Crippen LogP contribution in [0.4, 0.5) is 28.8 Å². The molecule has 49 heavy (non-hydrogen) atoms. The Balaban J connectivity index is 1.19. The summed E-state index contributed by atoms with van der Waals surface area (Å²) in [7, 11) is 0.841. The third-order valence-electron chi connectivity index (χ3n) is 9.58. The fourth-order valence-electron chi connectivity index (χ4n) is 7.27. The smallest absolute Gasteiger partial charge is 0.231 e. The van der Waals surface area contributed by atoms with E-state index in [1.165, 1.54) is 25.8 Å². The van der Waals surface area contributed by atoms with Crippen molar-refractivity contribution in [1.82, 2.24) is 39.6 Å². The zero-order valence-corrected chi connectivity index (χ0v) is 29.0. The van der Waals surface area contributed by atoms with Crippen molar-refractivity contribution in [3.63, 3.8) is 0 Å². The van der Waals surface area contributed by atoms with Crippen molar-refractivity contribution in [3.8, 4) is 16.9 Å². The molecule has 0 radical (unpaired) electrons. The number of piperazine rings is 1. The standard InChI is InChI=1S/C35H40N11O2P/c1-44-20-22(19-39-44)25-17-28(30(48-2)18-29(25)46-16-15-45-14-6-5-7-23(45)21-46)41-35-42-33-24(10-11-38-33)34(43-35)40-27-9-8-26-31(37-13-12-36-26)32(27)49(3,4)47/h8-13,17-20,23H,5-7,14-16,21H2,1-4H3,(H3,38,40,41,42,43)/t23-/m1/s1. The fraction of sp³-hybridized carbons (Fsp3) is 0.343. The van der Waals surface area contributed by atoms with Crippen LogP contribution in [0.1, 0.15) is 19.3 Å². The quantitative estimate of drug-likeness (QED) is 0.170. The summed E-state index contributed by atoms with van der Waals surface area (Å²) in [6.07, 6.45) is 12.8. The Bertz CT molecular complexity index is 2220. The Morgan fingerprint density at radius 1 is 1.00 bits per heavy atom. The lowest BCUT2D eigenvalue weighted by Gasteiger charge is -2.45. The fourth-order valence-corrected chi connectivity index (χ4v) is 8.66. The van der Waals surface area contributed by atoms with Gasteiger partial charge in [-0.3, -0.25) is 19.5 Å². The monoisotopic (exact) mass is 677 g/mol. The molecule has 13 nitrogen and oxygen atoms in total. The molecule has 14 heteroatoms. The number of H-pyrrole nitrogens is 1. The average molecular weight is 678 g/mol. The van der Waals surface area contributed by atoms with E-state index in [0.717, 1.165) is 47.5 Å². The lowest BCUT2D eigenvalue weighted by Crippen LogP contribution is -2.55. The number of benzene rings is 2. The Labute approximate surface area is 284 Å². The molecule has 0 saturated carbocycles. The second-order valence-corrected chi connectivity index (χ2v) is 16.4. The summed E-state index contributed by atoms with van der Waals surface area (Å²) in [5.74, 6) is 1.61. The third-order valence-corrected chi connectivity index (χ3v) is 11.1. The zero-order valence-electron chi connectivity index (χ0n) is 28.1. The van der Waals surface area contributed by atoms with Crippen LogP contribution in [0.2, 0.25) is 0 Å². The molecule has 4 aromatic heterocycles. The Morgan fingerprint density at radius 2 is 1.88 bits per heavy atom. The van der Waals surface area contributed by atoms with E-state index in [0.29, 0.717) is 51.2 Å². The van der Waals surface area contributed by atoms with Gasteiger partial charge in [0, 0.05) is 80.4 Å². The lowest BCUT2D eigenvalue weighted by molar-refractivity contribution is 0.133. The minimum Gasteiger partial charge on any atom is -0.494 e. The van der Waals surface area contributed by atoms with Gasteiger partial charge in [-0.15, -0.1) is 0 Å². The van der Waals surface area contributed by atoms with Crippen molar-refractivity contribution < 1.29 is 9.30 Å². The molecule has 6 aromatic rings. The number of hydrogen-bond donors (Lipinski definition) is 3. The van der Waals surface area contributed by atoms with Gasteiger partial charge in [-0.1, -0.05) is 6.42 Å². The minimum absolute atomic E-state index is 0.370. The number of aromatic nitrogens is 7. The van der Waals surface area contributed by atoms with E-state index in [1.54, 1.807) is 32.8 Å². The molecule has 2 fully saturated rings. The summed E-state index contributed by atoms with van der Waals surface area (Å²) < 4.78 is 21.4. The Kier molecular flexibility index (Phi) is 7.96. The Morgan fingerprint density at radius 3 is 2.69 bits per heavy atom. The molecule has 8 rings (SSSR count). The molecule has 252 valence electrons. The largest absolute Gasteiger partial charge is 0.494 e. The summed E-state index contributed by atoms with van der Waals surface area (Å²) >= 11 is 0. The van der Waals surface area contributed by atoms with Gasteiger partial charge in [-0.05, 0) is 57.0 Å². The lowest BCUT2D eigenvalue weighted by atomic mass is 9.97. The van der Waals surface area contributed by atoms with Crippen molar-refractivity contribution in [1.29, 1.82) is 0 Å². The first-order valence-corrected chi connectivity index (χ1v) is 19.2. The molecule has 3 N–H and O–H groups in total. The Hall–Kier alpha value is -5.00. The first-order valence-electron chi connectivity index (χ1n) is 16.6. The van der Waals surface area contributed by atoms with Crippen molar-refractivity contribution in [2.75, 3.05) is 62.2 Å². The van der Waals surface area contributed by atoms with Crippen LogP contribution in [-0.4, -0.2) is 92.3 Å². The number of methoxy groups -OCH3 is 1. The molecule has 0 bridgehead atoms. The van der Waals surface area contributed by atoms with E-state index < -0.39 is 7.14 Å². The van der Waals surface area contributed by atoms with E-state index in [9.17, 15) is 4.57 Å². The zero-order chi connectivity index (χ0) is 33.7. The number of fused-ring (bicyclic) bond motifs is 3. The van der Waals surface area contributed by atoms with E-state index in [1.807, 2.05) is 48.5 Å². The predicted molar refractivity (Wildman–Crippen MR) is 196 cm³/mol. The van der Waals surface area contributed by atoms with Crippen LogP contribution in [0.5, 0.6) is 5.75 Å². The van der Waals surface area contributed by atoms with Crippen molar-refractivity contribution in [2.24, 2.45) is 7.05 Å². The first kappa shape index (κ1) is 31.3. The maximum atomic E-state index is 13.6. The summed E-state index contributed by atoms with van der Waals surface area (Å²) in [5.41, 5.74) is 6.53. The van der Waals surface area contributed by atoms with Crippen LogP contribution in [0.25, 0.3) is 33.2 Å². The highest BCUT2D eigenvalue weighted by Crippen LogP contribution is 2.43. The molecular formula is C35H40N11O2P. The summed E-state index contributed by atoms with van der Waals surface area (Å²) in [6, 6.07) is 10.5. The molecule has 6 heterocycles. The molecular weight excluding hydrogens is 637 g/mol. The van der Waals surface area contributed by atoms with Crippen LogP contribution < -0.4 is 25.6 Å². The number of aromatic amines is 1. The van der Waals surface area contributed by atoms with Crippen LogP contribution in [0.15, 0.2) is 61.3 Å². The van der Waals surface area contributed by atoms with Gasteiger partial charge >= 0.3 is 0 Å². The number of nitrogens with one attached hydrogen (secondary N) is 3. The maximum Gasteiger partial charge on any atom is 0.231 e. The number of rotatable bonds is 8. The second-order valence-electron chi connectivity index (χ2n) is 13.2. The topological polar surface area (TPSA) is 142 Å². The highest BCUT2D eigenvalue weighted by Gasteiger charge is 2.31. The molecule has 0 spiro atoms. The number of ether oxygens (including phenoxy) is 1. The number of aryl methyl sites for hydroxylation is 1. The van der Waals surface area contributed by atoms with Crippen LogP contribution in [-0.2, 0) is 11.6 Å². The van der Waals surface area contributed by atoms with E-state index in [4.69, 9.17) is 14.7 Å². The molecule has 2 aliphatic heterocycles. The summed E-state index contributed by atoms with van der Waals surface area (Å²) in [6.45, 7) is 7.66. The van der Waals surface area contributed by atoms with E-state index in [-0.39, 0.29) is 0 Å². The molecule has 0 unspecified atom stereocenters.